The van der Waals surface area contributed by atoms with Crippen LogP contribution in [-0.4, -0.2) is 42.5 Å². The predicted octanol–water partition coefficient (Wildman–Crippen LogP) is 1.52. The van der Waals surface area contributed by atoms with Gasteiger partial charge in [-0.1, -0.05) is 12.1 Å². The lowest BCUT2D eigenvalue weighted by Crippen LogP contribution is -2.43. The summed E-state index contributed by atoms with van der Waals surface area (Å²) in [5.74, 6) is -1.52. The Labute approximate surface area is 120 Å². The Hall–Kier alpha value is -1.60. The Bertz CT molecular complexity index is 469. The SMILES string of the molecule is COCC(NC(=O)CCSc1ccccc1F)C(=O)O. The van der Waals surface area contributed by atoms with E-state index in [0.29, 0.717) is 10.6 Å². The van der Waals surface area contributed by atoms with Crippen LogP contribution in [0.4, 0.5) is 4.39 Å². The van der Waals surface area contributed by atoms with Crippen molar-refractivity contribution in [3.63, 3.8) is 0 Å². The number of carbonyl (C=O) groups is 2. The molecule has 0 heterocycles. The van der Waals surface area contributed by atoms with Crippen molar-refractivity contribution in [1.29, 1.82) is 0 Å². The van der Waals surface area contributed by atoms with Gasteiger partial charge in [0.25, 0.3) is 0 Å². The van der Waals surface area contributed by atoms with Gasteiger partial charge in [-0.2, -0.15) is 0 Å². The Morgan fingerprint density at radius 1 is 1.45 bits per heavy atom. The van der Waals surface area contributed by atoms with E-state index in [1.54, 1.807) is 18.2 Å². The number of hydrogen-bond acceptors (Lipinski definition) is 4. The molecule has 0 aliphatic carbocycles. The molecule has 0 bridgehead atoms. The number of methoxy groups -OCH3 is 1. The van der Waals surface area contributed by atoms with E-state index in [1.165, 1.54) is 24.9 Å². The zero-order chi connectivity index (χ0) is 15.0. The molecule has 0 fully saturated rings. The minimum absolute atomic E-state index is 0.0957. The number of amides is 1. The first-order chi connectivity index (χ1) is 9.54. The molecular weight excluding hydrogens is 285 g/mol. The van der Waals surface area contributed by atoms with E-state index in [9.17, 15) is 14.0 Å². The normalized spacial score (nSPS) is 11.9. The number of benzene rings is 1. The van der Waals surface area contributed by atoms with Crippen molar-refractivity contribution in [3.8, 4) is 0 Å². The maximum Gasteiger partial charge on any atom is 0.328 e. The summed E-state index contributed by atoms with van der Waals surface area (Å²) in [4.78, 5) is 22.9. The number of ether oxygens (including phenoxy) is 1. The highest BCUT2D eigenvalue weighted by Gasteiger charge is 2.19. The fraction of sp³-hybridized carbons (Fsp3) is 0.385. The fourth-order valence-corrected chi connectivity index (χ4v) is 2.31. The lowest BCUT2D eigenvalue weighted by Gasteiger charge is -2.13. The molecular formula is C13H16FNO4S. The summed E-state index contributed by atoms with van der Waals surface area (Å²) >= 11 is 1.21. The molecule has 1 amide bonds. The molecule has 0 aliphatic rings. The number of carbonyl (C=O) groups excluding carboxylic acids is 1. The molecule has 0 aromatic heterocycles. The first kappa shape index (κ1) is 16.5. The van der Waals surface area contributed by atoms with Gasteiger partial charge in [0.2, 0.25) is 5.91 Å². The molecule has 0 radical (unpaired) electrons. The number of hydrogen-bond donors (Lipinski definition) is 2. The van der Waals surface area contributed by atoms with Crippen molar-refractivity contribution in [2.24, 2.45) is 0 Å². The molecule has 0 aliphatic heterocycles. The number of rotatable bonds is 8. The first-order valence-electron chi connectivity index (χ1n) is 5.93. The van der Waals surface area contributed by atoms with E-state index >= 15 is 0 Å². The van der Waals surface area contributed by atoms with E-state index < -0.39 is 17.9 Å². The second-order valence-electron chi connectivity index (χ2n) is 3.94. The summed E-state index contributed by atoms with van der Waals surface area (Å²) in [5.41, 5.74) is 0. The Balaban J connectivity index is 2.36. The van der Waals surface area contributed by atoms with Crippen molar-refractivity contribution in [2.45, 2.75) is 17.4 Å². The zero-order valence-electron chi connectivity index (χ0n) is 11.0. The maximum absolute atomic E-state index is 13.3. The van der Waals surface area contributed by atoms with E-state index in [0.717, 1.165) is 0 Å². The minimum atomic E-state index is -1.15. The summed E-state index contributed by atoms with van der Waals surface area (Å²) in [5, 5.41) is 11.2. The first-order valence-corrected chi connectivity index (χ1v) is 6.91. The highest BCUT2D eigenvalue weighted by molar-refractivity contribution is 7.99. The van der Waals surface area contributed by atoms with Gasteiger partial charge in [0.05, 0.1) is 6.61 Å². The van der Waals surface area contributed by atoms with Crippen LogP contribution in [0.15, 0.2) is 29.2 Å². The van der Waals surface area contributed by atoms with Crippen LogP contribution in [0.5, 0.6) is 0 Å². The molecule has 0 spiro atoms. The number of aliphatic carboxylic acids is 1. The van der Waals surface area contributed by atoms with Crippen molar-refractivity contribution >= 4 is 23.6 Å². The number of thioether (sulfide) groups is 1. The summed E-state index contributed by atoms with van der Waals surface area (Å²) in [7, 11) is 1.36. The number of nitrogens with one attached hydrogen (secondary N) is 1. The number of carboxylic acid groups (broad SMARTS) is 1. The van der Waals surface area contributed by atoms with Crippen LogP contribution in [0, 0.1) is 5.82 Å². The van der Waals surface area contributed by atoms with Crippen molar-refractivity contribution in [2.75, 3.05) is 19.5 Å². The molecule has 0 saturated carbocycles. The van der Waals surface area contributed by atoms with Crippen LogP contribution in [0.3, 0.4) is 0 Å². The monoisotopic (exact) mass is 301 g/mol. The minimum Gasteiger partial charge on any atom is -0.480 e. The van der Waals surface area contributed by atoms with Gasteiger partial charge in [0.15, 0.2) is 6.04 Å². The van der Waals surface area contributed by atoms with Gasteiger partial charge in [-0.05, 0) is 12.1 Å². The van der Waals surface area contributed by atoms with E-state index in [1.807, 2.05) is 0 Å². The highest BCUT2D eigenvalue weighted by atomic mass is 32.2. The predicted molar refractivity (Wildman–Crippen MR) is 73.2 cm³/mol. The third-order valence-electron chi connectivity index (χ3n) is 2.39. The molecule has 1 aromatic rings. The smallest absolute Gasteiger partial charge is 0.328 e. The Morgan fingerprint density at radius 3 is 2.75 bits per heavy atom. The van der Waals surface area contributed by atoms with Gasteiger partial charge in [0, 0.05) is 24.2 Å². The van der Waals surface area contributed by atoms with Crippen LogP contribution in [0.1, 0.15) is 6.42 Å². The van der Waals surface area contributed by atoms with Gasteiger partial charge in [-0.15, -0.1) is 11.8 Å². The van der Waals surface area contributed by atoms with Gasteiger partial charge >= 0.3 is 5.97 Å². The molecule has 1 unspecified atom stereocenters. The lowest BCUT2D eigenvalue weighted by atomic mass is 10.3. The van der Waals surface area contributed by atoms with Gasteiger partial charge in [-0.25, -0.2) is 9.18 Å². The van der Waals surface area contributed by atoms with Crippen LogP contribution < -0.4 is 5.32 Å². The number of carboxylic acids is 1. The van der Waals surface area contributed by atoms with Crippen LogP contribution in [0.2, 0.25) is 0 Å². The molecule has 20 heavy (non-hydrogen) atoms. The maximum atomic E-state index is 13.3. The molecule has 7 heteroatoms. The van der Waals surface area contributed by atoms with Gasteiger partial charge in [-0.3, -0.25) is 4.79 Å². The average molecular weight is 301 g/mol. The van der Waals surface area contributed by atoms with E-state index in [2.05, 4.69) is 5.32 Å². The zero-order valence-corrected chi connectivity index (χ0v) is 11.8. The Morgan fingerprint density at radius 2 is 2.15 bits per heavy atom. The largest absolute Gasteiger partial charge is 0.480 e. The highest BCUT2D eigenvalue weighted by Crippen LogP contribution is 2.21. The van der Waals surface area contributed by atoms with Crippen LogP contribution in [-0.2, 0) is 14.3 Å². The fourth-order valence-electron chi connectivity index (χ4n) is 1.42. The molecule has 1 aromatic carbocycles. The molecule has 1 rings (SSSR count). The third-order valence-corrected chi connectivity index (χ3v) is 3.44. The molecule has 5 nitrogen and oxygen atoms in total. The standard InChI is InChI=1S/C13H16FNO4S/c1-19-8-10(13(17)18)15-12(16)6-7-20-11-5-3-2-4-9(11)14/h2-5,10H,6-8H2,1H3,(H,15,16)(H,17,18). The van der Waals surface area contributed by atoms with Gasteiger partial charge in [0.1, 0.15) is 5.82 Å². The topological polar surface area (TPSA) is 75.6 Å². The molecule has 110 valence electrons. The summed E-state index contributed by atoms with van der Waals surface area (Å²) in [6, 6.07) is 5.22. The molecule has 1 atom stereocenters. The number of halogens is 1. The molecule has 0 saturated heterocycles. The summed E-state index contributed by atoms with van der Waals surface area (Å²) in [6.45, 7) is -0.0957. The molecule has 2 N–H and O–H groups in total. The second kappa shape index (κ2) is 8.55. The Kier molecular flexibility index (Phi) is 7.03. The third kappa shape index (κ3) is 5.58. The van der Waals surface area contributed by atoms with Crippen molar-refractivity contribution in [3.05, 3.63) is 30.1 Å². The average Bonchev–Trinajstić information content (AvgIpc) is 2.40. The second-order valence-corrected chi connectivity index (χ2v) is 5.08. The van der Waals surface area contributed by atoms with Crippen molar-refractivity contribution in [1.82, 2.24) is 5.32 Å². The van der Waals surface area contributed by atoms with E-state index in [4.69, 9.17) is 9.84 Å². The van der Waals surface area contributed by atoms with Crippen LogP contribution in [0.25, 0.3) is 0 Å². The van der Waals surface area contributed by atoms with Crippen LogP contribution >= 0.6 is 11.8 Å². The van der Waals surface area contributed by atoms with Crippen molar-refractivity contribution < 1.29 is 23.8 Å². The quantitative estimate of drug-likeness (QED) is 0.712. The summed E-state index contributed by atoms with van der Waals surface area (Å²) in [6.07, 6.45) is 0.104. The lowest BCUT2D eigenvalue weighted by molar-refractivity contribution is -0.143. The summed E-state index contributed by atoms with van der Waals surface area (Å²) < 4.78 is 18.0. The van der Waals surface area contributed by atoms with Gasteiger partial charge < -0.3 is 15.2 Å². The van der Waals surface area contributed by atoms with E-state index in [-0.39, 0.29) is 18.8 Å².